The van der Waals surface area contributed by atoms with E-state index >= 15 is 0 Å². The molecule has 0 aliphatic carbocycles. The van der Waals surface area contributed by atoms with Crippen molar-refractivity contribution in [3.63, 3.8) is 0 Å². The number of guanidine groups is 1. The number of nitrogens with zero attached hydrogens (tertiary/aromatic N) is 2. The molecule has 2 N–H and O–H groups in total. The zero-order valence-electron chi connectivity index (χ0n) is 15.0. The summed E-state index contributed by atoms with van der Waals surface area (Å²) in [7, 11) is 1.72. The van der Waals surface area contributed by atoms with Gasteiger partial charge in [-0.25, -0.2) is 8.78 Å². The lowest BCUT2D eigenvalue weighted by Gasteiger charge is -2.32. The molecular formula is C18H28F2N4O. The average molecular weight is 354 g/mol. The summed E-state index contributed by atoms with van der Waals surface area (Å²) in [6.45, 7) is 6.32. The van der Waals surface area contributed by atoms with Crippen LogP contribution in [-0.2, 0) is 0 Å². The molecule has 7 heteroatoms. The predicted molar refractivity (Wildman–Crippen MR) is 96.1 cm³/mol. The standard InChI is InChI=1S/C18H28F2N4O/c1-3-9-24-10-6-15(7-11-24)23-18(21-2)22-8-12-25-17-5-4-14(19)13-16(17)20/h4-5,13,15H,3,6-12H2,1-2H3,(H2,21,22,23). The maximum Gasteiger partial charge on any atom is 0.191 e. The van der Waals surface area contributed by atoms with Gasteiger partial charge in [0.05, 0.1) is 6.54 Å². The van der Waals surface area contributed by atoms with E-state index < -0.39 is 11.6 Å². The van der Waals surface area contributed by atoms with Gasteiger partial charge < -0.3 is 20.3 Å². The molecule has 1 aliphatic rings. The SMILES string of the molecule is CCCN1CCC(NC(=NC)NCCOc2ccc(F)cc2F)CC1. The van der Waals surface area contributed by atoms with E-state index in [0.717, 1.165) is 44.5 Å². The Bertz CT molecular complexity index is 560. The minimum Gasteiger partial charge on any atom is -0.489 e. The van der Waals surface area contributed by atoms with Gasteiger partial charge in [0.1, 0.15) is 12.4 Å². The van der Waals surface area contributed by atoms with E-state index in [0.29, 0.717) is 12.6 Å². The Hall–Kier alpha value is -1.89. The maximum absolute atomic E-state index is 13.5. The quantitative estimate of drug-likeness (QED) is 0.448. The van der Waals surface area contributed by atoms with E-state index in [-0.39, 0.29) is 12.4 Å². The molecule has 2 rings (SSSR count). The first-order valence-corrected chi connectivity index (χ1v) is 8.89. The molecule has 1 saturated heterocycles. The van der Waals surface area contributed by atoms with Crippen molar-refractivity contribution in [2.75, 3.05) is 39.8 Å². The second-order valence-electron chi connectivity index (χ2n) is 6.18. The molecule has 1 aromatic rings. The summed E-state index contributed by atoms with van der Waals surface area (Å²) in [5, 5.41) is 6.58. The van der Waals surface area contributed by atoms with Crippen LogP contribution in [0.1, 0.15) is 26.2 Å². The Balaban J connectivity index is 1.67. The van der Waals surface area contributed by atoms with Gasteiger partial charge in [0.2, 0.25) is 0 Å². The molecule has 0 unspecified atom stereocenters. The number of rotatable bonds is 7. The topological polar surface area (TPSA) is 48.9 Å². The third kappa shape index (κ3) is 6.49. The van der Waals surface area contributed by atoms with Gasteiger partial charge in [0, 0.05) is 32.2 Å². The average Bonchev–Trinajstić information content (AvgIpc) is 2.61. The van der Waals surface area contributed by atoms with Gasteiger partial charge in [-0.3, -0.25) is 4.99 Å². The first-order valence-electron chi connectivity index (χ1n) is 8.89. The highest BCUT2D eigenvalue weighted by molar-refractivity contribution is 5.79. The summed E-state index contributed by atoms with van der Waals surface area (Å²) in [6, 6.07) is 3.70. The van der Waals surface area contributed by atoms with Crippen molar-refractivity contribution < 1.29 is 13.5 Å². The van der Waals surface area contributed by atoms with Gasteiger partial charge in [-0.15, -0.1) is 0 Å². The number of nitrogens with one attached hydrogen (secondary N) is 2. The van der Waals surface area contributed by atoms with Crippen LogP contribution in [0.5, 0.6) is 5.75 Å². The minimum atomic E-state index is -0.693. The van der Waals surface area contributed by atoms with Crippen molar-refractivity contribution in [2.24, 2.45) is 4.99 Å². The van der Waals surface area contributed by atoms with Crippen molar-refractivity contribution in [1.29, 1.82) is 0 Å². The molecular weight excluding hydrogens is 326 g/mol. The van der Waals surface area contributed by atoms with E-state index in [9.17, 15) is 8.78 Å². The van der Waals surface area contributed by atoms with Crippen LogP contribution in [0.4, 0.5) is 8.78 Å². The summed E-state index contributed by atoms with van der Waals surface area (Å²) < 4.78 is 31.6. The summed E-state index contributed by atoms with van der Waals surface area (Å²) in [5.41, 5.74) is 0. The van der Waals surface area contributed by atoms with Gasteiger partial charge >= 0.3 is 0 Å². The number of likely N-dealkylation sites (tertiary alicyclic amines) is 1. The smallest absolute Gasteiger partial charge is 0.191 e. The molecule has 0 aromatic heterocycles. The van der Waals surface area contributed by atoms with Crippen LogP contribution in [-0.4, -0.2) is 56.7 Å². The van der Waals surface area contributed by atoms with E-state index in [1.807, 2.05) is 0 Å². The van der Waals surface area contributed by atoms with Crippen LogP contribution < -0.4 is 15.4 Å². The first-order chi connectivity index (χ1) is 12.1. The Morgan fingerprint density at radius 3 is 2.72 bits per heavy atom. The molecule has 25 heavy (non-hydrogen) atoms. The van der Waals surface area contributed by atoms with Crippen LogP contribution in [0.3, 0.4) is 0 Å². The fraction of sp³-hybridized carbons (Fsp3) is 0.611. The minimum absolute atomic E-state index is 0.0504. The van der Waals surface area contributed by atoms with Gasteiger partial charge in [0.25, 0.3) is 0 Å². The molecule has 0 atom stereocenters. The number of hydrogen-bond acceptors (Lipinski definition) is 3. The van der Waals surface area contributed by atoms with Crippen LogP contribution in [0, 0.1) is 11.6 Å². The first kappa shape index (κ1) is 19.4. The molecule has 5 nitrogen and oxygen atoms in total. The summed E-state index contributed by atoms with van der Waals surface area (Å²) in [5.74, 6) is -0.537. The molecule has 0 bridgehead atoms. The third-order valence-corrected chi connectivity index (χ3v) is 4.24. The molecule has 1 aliphatic heterocycles. The number of ether oxygens (including phenoxy) is 1. The predicted octanol–water partition coefficient (Wildman–Crippen LogP) is 2.38. The Labute approximate surface area is 148 Å². The Morgan fingerprint density at radius 1 is 1.32 bits per heavy atom. The van der Waals surface area contributed by atoms with Crippen molar-refractivity contribution >= 4 is 5.96 Å². The van der Waals surface area contributed by atoms with Crippen LogP contribution in [0.2, 0.25) is 0 Å². The molecule has 1 fully saturated rings. The summed E-state index contributed by atoms with van der Waals surface area (Å²) in [6.07, 6.45) is 3.38. The lowest BCUT2D eigenvalue weighted by Crippen LogP contribution is -2.49. The van der Waals surface area contributed by atoms with Crippen LogP contribution >= 0.6 is 0 Å². The molecule has 0 radical (unpaired) electrons. The zero-order valence-corrected chi connectivity index (χ0v) is 15.0. The lowest BCUT2D eigenvalue weighted by atomic mass is 10.1. The summed E-state index contributed by atoms with van der Waals surface area (Å²) >= 11 is 0. The van der Waals surface area contributed by atoms with Crippen LogP contribution in [0.25, 0.3) is 0 Å². The number of piperidine rings is 1. The van der Waals surface area contributed by atoms with E-state index in [1.165, 1.54) is 18.6 Å². The van der Waals surface area contributed by atoms with Crippen molar-refractivity contribution in [3.05, 3.63) is 29.8 Å². The fourth-order valence-corrected chi connectivity index (χ4v) is 2.93. The van der Waals surface area contributed by atoms with E-state index in [4.69, 9.17) is 4.74 Å². The fourth-order valence-electron chi connectivity index (χ4n) is 2.93. The third-order valence-electron chi connectivity index (χ3n) is 4.24. The van der Waals surface area contributed by atoms with Crippen molar-refractivity contribution in [2.45, 2.75) is 32.2 Å². The van der Waals surface area contributed by atoms with E-state index in [1.54, 1.807) is 7.05 Å². The Kier molecular flexibility index (Phi) is 7.91. The number of halogens is 2. The molecule has 0 saturated carbocycles. The highest BCUT2D eigenvalue weighted by Gasteiger charge is 2.19. The van der Waals surface area contributed by atoms with Crippen LogP contribution in [0.15, 0.2) is 23.2 Å². The van der Waals surface area contributed by atoms with Gasteiger partial charge in [-0.05, 0) is 37.9 Å². The number of aliphatic imine (C=N–C) groups is 1. The summed E-state index contributed by atoms with van der Waals surface area (Å²) in [4.78, 5) is 6.70. The molecule has 1 heterocycles. The molecule has 140 valence electrons. The highest BCUT2D eigenvalue weighted by atomic mass is 19.1. The second-order valence-corrected chi connectivity index (χ2v) is 6.18. The number of benzene rings is 1. The Morgan fingerprint density at radius 2 is 2.08 bits per heavy atom. The largest absolute Gasteiger partial charge is 0.489 e. The zero-order chi connectivity index (χ0) is 18.1. The maximum atomic E-state index is 13.5. The van der Waals surface area contributed by atoms with Gasteiger partial charge in [0.15, 0.2) is 17.5 Å². The van der Waals surface area contributed by atoms with Crippen molar-refractivity contribution in [3.8, 4) is 5.75 Å². The normalized spacial score (nSPS) is 16.7. The highest BCUT2D eigenvalue weighted by Crippen LogP contribution is 2.17. The lowest BCUT2D eigenvalue weighted by molar-refractivity contribution is 0.206. The molecule has 0 amide bonds. The monoisotopic (exact) mass is 354 g/mol. The second kappa shape index (κ2) is 10.2. The van der Waals surface area contributed by atoms with Gasteiger partial charge in [-0.2, -0.15) is 0 Å². The van der Waals surface area contributed by atoms with Crippen molar-refractivity contribution in [1.82, 2.24) is 15.5 Å². The number of hydrogen-bond donors (Lipinski definition) is 2. The van der Waals surface area contributed by atoms with Gasteiger partial charge in [-0.1, -0.05) is 6.92 Å². The molecule has 1 aromatic carbocycles. The van der Waals surface area contributed by atoms with E-state index in [2.05, 4.69) is 27.4 Å². The molecule has 0 spiro atoms.